The molecule has 1 aromatic carbocycles. The number of hydrogen-bond donors (Lipinski definition) is 2. The average Bonchev–Trinajstić information content (AvgIpc) is 3.51. The largest absolute Gasteiger partial charge is 0.506 e. The lowest BCUT2D eigenvalue weighted by atomic mass is 9.94. The Morgan fingerprint density at radius 1 is 1.23 bits per heavy atom. The van der Waals surface area contributed by atoms with E-state index >= 15 is 0 Å². The normalized spacial score (nSPS) is 16.9. The molecule has 2 aliphatic heterocycles. The van der Waals surface area contributed by atoms with Crippen molar-refractivity contribution >= 4 is 38.8 Å². The van der Waals surface area contributed by atoms with Crippen molar-refractivity contribution in [2.75, 3.05) is 19.6 Å². The van der Waals surface area contributed by atoms with Crippen molar-refractivity contribution in [3.8, 4) is 11.4 Å². The molecule has 0 aliphatic carbocycles. The minimum absolute atomic E-state index is 0.162. The van der Waals surface area contributed by atoms with Gasteiger partial charge in [-0.3, -0.25) is 9.59 Å². The van der Waals surface area contributed by atoms with E-state index in [-0.39, 0.29) is 23.5 Å². The monoisotopic (exact) mass is 589 g/mol. The SMILES string of the molecule is C=CC(=O)N1CCc2nn(-c3ccc(C(C)C)cc3O)c3c2C(C1)N(C(=O)c1cnc(Br)c2[nH]cnc12)CC3. The van der Waals surface area contributed by atoms with Crippen molar-refractivity contribution in [1.29, 1.82) is 0 Å². The van der Waals surface area contributed by atoms with Gasteiger partial charge < -0.3 is 19.9 Å². The van der Waals surface area contributed by atoms with Gasteiger partial charge in [0.2, 0.25) is 5.91 Å². The van der Waals surface area contributed by atoms with Gasteiger partial charge in [0, 0.05) is 44.2 Å². The van der Waals surface area contributed by atoms with E-state index in [0.717, 1.165) is 22.5 Å². The number of hydrogen-bond acceptors (Lipinski definition) is 6. The molecule has 6 rings (SSSR count). The van der Waals surface area contributed by atoms with Crippen molar-refractivity contribution in [3.05, 3.63) is 76.1 Å². The predicted molar refractivity (Wildman–Crippen MR) is 149 cm³/mol. The first kappa shape index (κ1) is 25.3. The first-order chi connectivity index (χ1) is 18.8. The van der Waals surface area contributed by atoms with Gasteiger partial charge in [-0.1, -0.05) is 26.5 Å². The lowest BCUT2D eigenvalue weighted by molar-refractivity contribution is -0.126. The average molecular weight is 590 g/mol. The standard InChI is InChI=1S/C28H28BrN7O3/c1-4-23(38)34-9-7-18-24-20(36(33-18)19-6-5-16(15(2)3)11-22(19)37)8-10-35(21(24)13-34)28(39)17-12-30-27(29)26-25(17)31-14-32-26/h4-6,11-12,14-15,21,37H,1,7-10,13H2,2-3H3,(H,31,32). The Labute approximate surface area is 233 Å². The zero-order valence-corrected chi connectivity index (χ0v) is 23.3. The number of rotatable bonds is 4. The van der Waals surface area contributed by atoms with Crippen LogP contribution >= 0.6 is 15.9 Å². The first-order valence-corrected chi connectivity index (χ1v) is 13.7. The third kappa shape index (κ3) is 4.12. The Morgan fingerprint density at radius 2 is 2.05 bits per heavy atom. The van der Waals surface area contributed by atoms with Crippen molar-refractivity contribution < 1.29 is 14.7 Å². The fourth-order valence-corrected chi connectivity index (χ4v) is 6.06. The Kier molecular flexibility index (Phi) is 6.25. The molecule has 0 saturated carbocycles. The molecule has 4 aromatic rings. The zero-order valence-electron chi connectivity index (χ0n) is 21.7. The van der Waals surface area contributed by atoms with Crippen LogP contribution in [0.15, 0.2) is 48.0 Å². The van der Waals surface area contributed by atoms with Crippen molar-refractivity contribution in [3.63, 3.8) is 0 Å². The van der Waals surface area contributed by atoms with Crippen LogP contribution in [0.25, 0.3) is 16.7 Å². The zero-order chi connectivity index (χ0) is 27.4. The number of benzene rings is 1. The Balaban J connectivity index is 1.46. The maximum absolute atomic E-state index is 14.1. The summed E-state index contributed by atoms with van der Waals surface area (Å²) in [5.41, 5.74) is 5.92. The Hall–Kier alpha value is -3.99. The highest BCUT2D eigenvalue weighted by Gasteiger charge is 2.40. The number of imidazole rings is 1. The van der Waals surface area contributed by atoms with Crippen LogP contribution in [0.2, 0.25) is 0 Å². The highest BCUT2D eigenvalue weighted by atomic mass is 79.9. The third-order valence-electron chi connectivity index (χ3n) is 7.69. The van der Waals surface area contributed by atoms with E-state index in [2.05, 4.69) is 51.3 Å². The number of phenols is 1. The molecule has 0 bridgehead atoms. The molecule has 5 heterocycles. The second-order valence-electron chi connectivity index (χ2n) is 10.2. The van der Waals surface area contributed by atoms with Crippen LogP contribution in [0.5, 0.6) is 5.75 Å². The number of carbonyl (C=O) groups is 2. The van der Waals surface area contributed by atoms with Crippen LogP contribution in [0.1, 0.15) is 58.7 Å². The smallest absolute Gasteiger partial charge is 0.258 e. The lowest BCUT2D eigenvalue weighted by Gasteiger charge is -2.37. The molecule has 10 nitrogen and oxygen atoms in total. The van der Waals surface area contributed by atoms with E-state index in [0.29, 0.717) is 59.4 Å². The molecule has 2 amide bonds. The van der Waals surface area contributed by atoms with Crippen LogP contribution in [0.3, 0.4) is 0 Å². The first-order valence-electron chi connectivity index (χ1n) is 12.9. The molecular weight excluding hydrogens is 562 g/mol. The van der Waals surface area contributed by atoms with E-state index in [1.54, 1.807) is 15.9 Å². The highest BCUT2D eigenvalue weighted by molar-refractivity contribution is 9.10. The van der Waals surface area contributed by atoms with Gasteiger partial charge in [0.1, 0.15) is 21.6 Å². The van der Waals surface area contributed by atoms with Gasteiger partial charge in [-0.2, -0.15) is 5.10 Å². The third-order valence-corrected chi connectivity index (χ3v) is 8.29. The summed E-state index contributed by atoms with van der Waals surface area (Å²) in [7, 11) is 0. The second-order valence-corrected chi connectivity index (χ2v) is 11.0. The number of pyridine rings is 1. The maximum atomic E-state index is 14.1. The van der Waals surface area contributed by atoms with E-state index in [9.17, 15) is 14.7 Å². The van der Waals surface area contributed by atoms with Crippen molar-refractivity contribution in [2.24, 2.45) is 0 Å². The van der Waals surface area contributed by atoms with Crippen LogP contribution in [-0.2, 0) is 17.6 Å². The van der Waals surface area contributed by atoms with E-state index < -0.39 is 6.04 Å². The van der Waals surface area contributed by atoms with Crippen molar-refractivity contribution in [1.82, 2.24) is 34.5 Å². The fraction of sp³-hybridized carbons (Fsp3) is 0.321. The van der Waals surface area contributed by atoms with Crippen molar-refractivity contribution in [2.45, 2.75) is 38.6 Å². The van der Waals surface area contributed by atoms with Gasteiger partial charge in [-0.15, -0.1) is 0 Å². The molecule has 3 aromatic heterocycles. The van der Waals surface area contributed by atoms with Gasteiger partial charge in [0.15, 0.2) is 0 Å². The van der Waals surface area contributed by atoms with Gasteiger partial charge in [0.25, 0.3) is 5.91 Å². The van der Waals surface area contributed by atoms with Gasteiger partial charge in [-0.25, -0.2) is 14.6 Å². The lowest BCUT2D eigenvalue weighted by Crippen LogP contribution is -2.46. The second kappa shape index (κ2) is 9.64. The number of fused-ring (bicyclic) bond motifs is 1. The summed E-state index contributed by atoms with van der Waals surface area (Å²) in [4.78, 5) is 42.0. The summed E-state index contributed by atoms with van der Waals surface area (Å²) in [6, 6.07) is 5.27. The molecule has 0 fully saturated rings. The van der Waals surface area contributed by atoms with Gasteiger partial charge in [-0.05, 0) is 45.6 Å². The summed E-state index contributed by atoms with van der Waals surface area (Å²) in [6.07, 6.45) is 5.45. The molecule has 39 heavy (non-hydrogen) atoms. The van der Waals surface area contributed by atoms with Crippen LogP contribution in [-0.4, -0.2) is 71.1 Å². The number of carbonyl (C=O) groups excluding carboxylic acids is 2. The van der Waals surface area contributed by atoms with E-state index in [1.807, 2.05) is 16.8 Å². The van der Waals surface area contributed by atoms with Crippen LogP contribution < -0.4 is 0 Å². The number of H-pyrrole nitrogens is 1. The maximum Gasteiger partial charge on any atom is 0.258 e. The number of nitrogens with zero attached hydrogens (tertiary/aromatic N) is 6. The quantitative estimate of drug-likeness (QED) is 0.274. The number of aromatic nitrogens is 5. The molecule has 200 valence electrons. The topological polar surface area (TPSA) is 120 Å². The summed E-state index contributed by atoms with van der Waals surface area (Å²) in [5, 5.41) is 15.9. The fourth-order valence-electron chi connectivity index (χ4n) is 5.66. The molecule has 2 N–H and O–H groups in total. The number of aromatic hydroxyl groups is 1. The highest BCUT2D eigenvalue weighted by Crippen LogP contribution is 2.39. The van der Waals surface area contributed by atoms with Crippen LogP contribution in [0.4, 0.5) is 0 Å². The van der Waals surface area contributed by atoms with Crippen LogP contribution in [0, 0.1) is 0 Å². The minimum atomic E-state index is -0.425. The van der Waals surface area contributed by atoms with E-state index in [1.165, 1.54) is 18.6 Å². The predicted octanol–water partition coefficient (Wildman–Crippen LogP) is 4.05. The van der Waals surface area contributed by atoms with Gasteiger partial charge >= 0.3 is 0 Å². The molecule has 1 atom stereocenters. The molecule has 0 spiro atoms. The number of nitrogens with one attached hydrogen (secondary N) is 1. The molecular formula is C28H28BrN7O3. The number of phenolic OH excluding ortho intramolecular Hbond substituents is 1. The summed E-state index contributed by atoms with van der Waals surface area (Å²) in [6.45, 7) is 9.00. The Bertz CT molecular complexity index is 1640. The number of amides is 2. The minimum Gasteiger partial charge on any atom is -0.506 e. The summed E-state index contributed by atoms with van der Waals surface area (Å²) < 4.78 is 2.40. The molecule has 0 saturated heterocycles. The summed E-state index contributed by atoms with van der Waals surface area (Å²) in [5.74, 6) is 0.0486. The molecule has 1 unspecified atom stereocenters. The molecule has 11 heteroatoms. The van der Waals surface area contributed by atoms with E-state index in [4.69, 9.17) is 5.10 Å². The summed E-state index contributed by atoms with van der Waals surface area (Å²) >= 11 is 3.41. The number of halogens is 1. The Morgan fingerprint density at radius 3 is 2.79 bits per heavy atom. The molecule has 2 aliphatic rings. The van der Waals surface area contributed by atoms with Gasteiger partial charge in [0.05, 0.1) is 34.8 Å². The molecule has 0 radical (unpaired) electrons. The number of aromatic amines is 1.